The number of hydrogen-bond donors (Lipinski definition) is 1. The van der Waals surface area contributed by atoms with E-state index in [-0.39, 0.29) is 0 Å². The second kappa shape index (κ2) is 7.35. The van der Waals surface area contributed by atoms with Gasteiger partial charge in [-0.2, -0.15) is 9.40 Å². The van der Waals surface area contributed by atoms with Crippen molar-refractivity contribution in [3.8, 4) is 0 Å². The molecule has 0 fully saturated rings. The molecule has 0 bridgehead atoms. The largest absolute Gasteiger partial charge is 0.330 e. The van der Waals surface area contributed by atoms with E-state index in [0.717, 1.165) is 6.42 Å². The molecule has 8 heteroatoms. The SMILES string of the molecule is Cc1nn(CCCN)c(C)c1S(=O)(=O)N(C)CCN(C)C. The molecule has 21 heavy (non-hydrogen) atoms. The quantitative estimate of drug-likeness (QED) is 0.731. The van der Waals surface area contributed by atoms with Crippen LogP contribution in [0.4, 0.5) is 0 Å². The third-order valence-electron chi connectivity index (χ3n) is 3.42. The summed E-state index contributed by atoms with van der Waals surface area (Å²) in [6.45, 7) is 5.85. The van der Waals surface area contributed by atoms with E-state index in [0.29, 0.717) is 42.5 Å². The summed E-state index contributed by atoms with van der Waals surface area (Å²) in [6, 6.07) is 0. The first-order valence-electron chi connectivity index (χ1n) is 7.07. The molecule has 1 aromatic rings. The van der Waals surface area contributed by atoms with Crippen LogP contribution in [0.2, 0.25) is 0 Å². The van der Waals surface area contributed by atoms with Crippen molar-refractivity contribution in [3.05, 3.63) is 11.4 Å². The van der Waals surface area contributed by atoms with Crippen LogP contribution in [0.5, 0.6) is 0 Å². The van der Waals surface area contributed by atoms with Crippen molar-refractivity contribution in [1.82, 2.24) is 19.0 Å². The Hall–Kier alpha value is -0.960. The Bertz CT molecular complexity index is 565. The number of aryl methyl sites for hydroxylation is 2. The summed E-state index contributed by atoms with van der Waals surface area (Å²) in [6.07, 6.45) is 0.776. The minimum atomic E-state index is -3.51. The van der Waals surface area contributed by atoms with Crippen LogP contribution in [0.15, 0.2) is 4.90 Å². The zero-order chi connectivity index (χ0) is 16.2. The first-order chi connectivity index (χ1) is 9.71. The van der Waals surface area contributed by atoms with Gasteiger partial charge in [0.05, 0.1) is 11.4 Å². The van der Waals surface area contributed by atoms with E-state index >= 15 is 0 Å². The summed E-state index contributed by atoms with van der Waals surface area (Å²) < 4.78 is 28.5. The molecule has 0 saturated heterocycles. The highest BCUT2D eigenvalue weighted by atomic mass is 32.2. The molecule has 0 aliphatic heterocycles. The second-order valence-corrected chi connectivity index (χ2v) is 7.48. The average molecular weight is 317 g/mol. The lowest BCUT2D eigenvalue weighted by Crippen LogP contribution is -2.34. The number of sulfonamides is 1. The molecule has 1 rings (SSSR count). The van der Waals surface area contributed by atoms with E-state index in [1.165, 1.54) is 4.31 Å². The summed E-state index contributed by atoms with van der Waals surface area (Å²) in [7, 11) is 1.93. The average Bonchev–Trinajstić information content (AvgIpc) is 2.68. The zero-order valence-corrected chi connectivity index (χ0v) is 14.4. The molecule has 0 atom stereocenters. The Morgan fingerprint density at radius 2 is 1.81 bits per heavy atom. The highest BCUT2D eigenvalue weighted by molar-refractivity contribution is 7.89. The number of rotatable bonds is 8. The summed E-state index contributed by atoms with van der Waals surface area (Å²) in [4.78, 5) is 2.27. The van der Waals surface area contributed by atoms with Crippen LogP contribution in [-0.2, 0) is 16.6 Å². The summed E-state index contributed by atoms with van der Waals surface area (Å²) in [5.74, 6) is 0. The Kier molecular flexibility index (Phi) is 6.33. The van der Waals surface area contributed by atoms with Gasteiger partial charge in [0.1, 0.15) is 4.90 Å². The van der Waals surface area contributed by atoms with Gasteiger partial charge in [0.15, 0.2) is 0 Å². The number of nitrogens with two attached hydrogens (primary N) is 1. The molecular weight excluding hydrogens is 290 g/mol. The maximum Gasteiger partial charge on any atom is 0.246 e. The third kappa shape index (κ3) is 4.26. The predicted octanol–water partition coefficient (Wildman–Crippen LogP) is 0.0308. The second-order valence-electron chi connectivity index (χ2n) is 5.50. The third-order valence-corrected chi connectivity index (χ3v) is 5.53. The molecule has 0 aliphatic rings. The highest BCUT2D eigenvalue weighted by Crippen LogP contribution is 2.22. The lowest BCUT2D eigenvalue weighted by atomic mass is 10.4. The Morgan fingerprint density at radius 1 is 1.19 bits per heavy atom. The van der Waals surface area contributed by atoms with Crippen molar-refractivity contribution in [2.45, 2.75) is 31.7 Å². The van der Waals surface area contributed by atoms with Gasteiger partial charge in [-0.25, -0.2) is 8.42 Å². The minimum absolute atomic E-state index is 0.320. The molecule has 1 heterocycles. The van der Waals surface area contributed by atoms with Gasteiger partial charge in [0.2, 0.25) is 10.0 Å². The molecule has 122 valence electrons. The van der Waals surface area contributed by atoms with E-state index < -0.39 is 10.0 Å². The smallest absolute Gasteiger partial charge is 0.246 e. The molecule has 0 amide bonds. The van der Waals surface area contributed by atoms with E-state index in [1.54, 1.807) is 25.6 Å². The van der Waals surface area contributed by atoms with Crippen molar-refractivity contribution in [2.24, 2.45) is 5.73 Å². The van der Waals surface area contributed by atoms with Crippen LogP contribution in [-0.4, -0.2) is 68.2 Å². The van der Waals surface area contributed by atoms with Crippen LogP contribution in [0.25, 0.3) is 0 Å². The molecule has 0 unspecified atom stereocenters. The van der Waals surface area contributed by atoms with Crippen molar-refractivity contribution in [1.29, 1.82) is 0 Å². The van der Waals surface area contributed by atoms with Gasteiger partial charge in [-0.05, 0) is 40.9 Å². The Balaban J connectivity index is 3.05. The van der Waals surface area contributed by atoms with Crippen LogP contribution >= 0.6 is 0 Å². The molecule has 1 aromatic heterocycles. The summed E-state index contributed by atoms with van der Waals surface area (Å²) >= 11 is 0. The normalized spacial score (nSPS) is 12.6. The topological polar surface area (TPSA) is 84.5 Å². The van der Waals surface area contributed by atoms with Crippen LogP contribution in [0, 0.1) is 13.8 Å². The van der Waals surface area contributed by atoms with Gasteiger partial charge < -0.3 is 10.6 Å². The monoisotopic (exact) mass is 317 g/mol. The van der Waals surface area contributed by atoms with Gasteiger partial charge in [-0.3, -0.25) is 4.68 Å². The molecule has 0 aliphatic carbocycles. The van der Waals surface area contributed by atoms with E-state index in [2.05, 4.69) is 5.10 Å². The van der Waals surface area contributed by atoms with Gasteiger partial charge in [0.25, 0.3) is 0 Å². The molecule has 0 saturated carbocycles. The molecule has 7 nitrogen and oxygen atoms in total. The van der Waals surface area contributed by atoms with Gasteiger partial charge in [-0.1, -0.05) is 0 Å². The maximum absolute atomic E-state index is 12.7. The highest BCUT2D eigenvalue weighted by Gasteiger charge is 2.28. The first-order valence-corrected chi connectivity index (χ1v) is 8.51. The molecule has 0 spiro atoms. The zero-order valence-electron chi connectivity index (χ0n) is 13.6. The summed E-state index contributed by atoms with van der Waals surface area (Å²) in [5, 5.41) is 4.34. The summed E-state index contributed by atoms with van der Waals surface area (Å²) in [5.41, 5.74) is 6.72. The lowest BCUT2D eigenvalue weighted by Gasteiger charge is -2.19. The van der Waals surface area contributed by atoms with Crippen molar-refractivity contribution in [3.63, 3.8) is 0 Å². The fourth-order valence-corrected chi connectivity index (χ4v) is 3.66. The fourth-order valence-electron chi connectivity index (χ4n) is 2.13. The van der Waals surface area contributed by atoms with Crippen LogP contribution < -0.4 is 5.73 Å². The number of nitrogens with zero attached hydrogens (tertiary/aromatic N) is 4. The van der Waals surface area contributed by atoms with Gasteiger partial charge >= 0.3 is 0 Å². The van der Waals surface area contributed by atoms with Gasteiger partial charge in [0, 0.05) is 26.7 Å². The number of hydrogen-bond acceptors (Lipinski definition) is 5. The minimum Gasteiger partial charge on any atom is -0.330 e. The molecule has 0 aromatic carbocycles. The van der Waals surface area contributed by atoms with Gasteiger partial charge in [-0.15, -0.1) is 0 Å². The Morgan fingerprint density at radius 3 is 2.33 bits per heavy atom. The van der Waals surface area contributed by atoms with E-state index in [4.69, 9.17) is 5.73 Å². The number of aromatic nitrogens is 2. The standard InChI is InChI=1S/C13H27N5O2S/c1-11-13(12(2)18(15-11)8-6-7-14)21(19,20)17(5)10-9-16(3)4/h6-10,14H2,1-5H3. The predicted molar refractivity (Wildman–Crippen MR) is 83.7 cm³/mol. The van der Waals surface area contributed by atoms with Crippen LogP contribution in [0.1, 0.15) is 17.8 Å². The van der Waals surface area contributed by atoms with E-state index in [1.807, 2.05) is 19.0 Å². The molecule has 0 radical (unpaired) electrons. The maximum atomic E-state index is 12.7. The number of likely N-dealkylation sites (N-methyl/N-ethyl adjacent to an activating group) is 2. The fraction of sp³-hybridized carbons (Fsp3) is 0.769. The molecular formula is C13H27N5O2S. The Labute approximate surface area is 127 Å². The molecule has 2 N–H and O–H groups in total. The first kappa shape index (κ1) is 18.1. The van der Waals surface area contributed by atoms with Crippen LogP contribution in [0.3, 0.4) is 0 Å². The van der Waals surface area contributed by atoms with Crippen molar-refractivity contribution in [2.75, 3.05) is 40.8 Å². The lowest BCUT2D eigenvalue weighted by molar-refractivity contribution is 0.358. The van der Waals surface area contributed by atoms with Crippen molar-refractivity contribution < 1.29 is 8.42 Å². The van der Waals surface area contributed by atoms with E-state index in [9.17, 15) is 8.42 Å². The van der Waals surface area contributed by atoms with Crippen molar-refractivity contribution >= 4 is 10.0 Å².